The lowest BCUT2D eigenvalue weighted by atomic mass is 9.78. The van der Waals surface area contributed by atoms with Gasteiger partial charge in [0, 0.05) is 18.5 Å². The Morgan fingerprint density at radius 1 is 1.41 bits per heavy atom. The second-order valence-electron chi connectivity index (χ2n) is 5.57. The Morgan fingerprint density at radius 3 is 2.94 bits per heavy atom. The van der Waals surface area contributed by atoms with Gasteiger partial charge in [-0.3, -0.25) is 4.90 Å². The number of nitrogens with zero attached hydrogens (tertiary/aromatic N) is 2. The zero-order valence-corrected chi connectivity index (χ0v) is 11.4. The molecule has 17 heavy (non-hydrogen) atoms. The molecule has 1 spiro atoms. The summed E-state index contributed by atoms with van der Waals surface area (Å²) in [6.45, 7) is 8.11. The summed E-state index contributed by atoms with van der Waals surface area (Å²) >= 11 is 1.77. The van der Waals surface area contributed by atoms with Crippen LogP contribution in [-0.4, -0.2) is 36.1 Å². The molecule has 0 aliphatic carbocycles. The quantitative estimate of drug-likeness (QED) is 0.872. The Balaban J connectivity index is 1.60. The van der Waals surface area contributed by atoms with E-state index in [0.29, 0.717) is 5.41 Å². The zero-order valence-electron chi connectivity index (χ0n) is 10.5. The van der Waals surface area contributed by atoms with E-state index < -0.39 is 0 Å². The van der Waals surface area contributed by atoms with Crippen LogP contribution in [0.15, 0.2) is 5.38 Å². The Kier molecular flexibility index (Phi) is 3.19. The smallest absolute Gasteiger partial charge is 0.0897 e. The minimum absolute atomic E-state index is 0.621. The van der Waals surface area contributed by atoms with Crippen LogP contribution in [0.4, 0.5) is 0 Å². The molecule has 1 aromatic heterocycles. The van der Waals surface area contributed by atoms with E-state index in [9.17, 15) is 0 Å². The molecule has 2 saturated heterocycles. The molecule has 2 aliphatic heterocycles. The molecular formula is C13H21N3S. The van der Waals surface area contributed by atoms with Crippen molar-refractivity contribution in [1.82, 2.24) is 15.2 Å². The zero-order chi connectivity index (χ0) is 11.7. The third-order valence-corrected chi connectivity index (χ3v) is 5.06. The number of thiazole rings is 1. The molecule has 0 bridgehead atoms. The van der Waals surface area contributed by atoms with Gasteiger partial charge in [0.25, 0.3) is 0 Å². The van der Waals surface area contributed by atoms with E-state index in [4.69, 9.17) is 0 Å². The summed E-state index contributed by atoms with van der Waals surface area (Å²) in [7, 11) is 0. The van der Waals surface area contributed by atoms with Gasteiger partial charge >= 0.3 is 0 Å². The maximum Gasteiger partial charge on any atom is 0.0897 e. The van der Waals surface area contributed by atoms with E-state index in [1.165, 1.54) is 56.1 Å². The summed E-state index contributed by atoms with van der Waals surface area (Å²) in [6.07, 6.45) is 4.11. The number of hydrogen-bond acceptors (Lipinski definition) is 4. The van der Waals surface area contributed by atoms with Gasteiger partial charge in [0.15, 0.2) is 0 Å². The molecule has 2 fully saturated rings. The van der Waals surface area contributed by atoms with Crippen molar-refractivity contribution in [2.45, 2.75) is 32.7 Å². The highest BCUT2D eigenvalue weighted by atomic mass is 32.1. The van der Waals surface area contributed by atoms with E-state index >= 15 is 0 Å². The first-order valence-electron chi connectivity index (χ1n) is 6.60. The summed E-state index contributed by atoms with van der Waals surface area (Å²) in [5.41, 5.74) is 1.88. The first-order valence-corrected chi connectivity index (χ1v) is 7.48. The van der Waals surface area contributed by atoms with E-state index in [0.717, 1.165) is 6.54 Å². The Morgan fingerprint density at radius 2 is 2.24 bits per heavy atom. The van der Waals surface area contributed by atoms with Crippen LogP contribution in [0.3, 0.4) is 0 Å². The van der Waals surface area contributed by atoms with E-state index in [1.807, 2.05) is 0 Å². The average Bonchev–Trinajstić information content (AvgIpc) is 2.89. The molecule has 0 atom stereocenters. The van der Waals surface area contributed by atoms with Crippen LogP contribution in [0, 0.1) is 12.3 Å². The van der Waals surface area contributed by atoms with Crippen LogP contribution in [0.25, 0.3) is 0 Å². The van der Waals surface area contributed by atoms with Crippen molar-refractivity contribution in [2.24, 2.45) is 5.41 Å². The lowest BCUT2D eigenvalue weighted by molar-refractivity contribution is 0.193. The summed E-state index contributed by atoms with van der Waals surface area (Å²) in [5.74, 6) is 0. The van der Waals surface area contributed by atoms with Gasteiger partial charge in [-0.15, -0.1) is 11.3 Å². The van der Waals surface area contributed by atoms with Gasteiger partial charge in [-0.05, 0) is 51.2 Å². The van der Waals surface area contributed by atoms with E-state index in [1.54, 1.807) is 11.3 Å². The summed E-state index contributed by atoms with van der Waals surface area (Å²) in [5, 5.41) is 6.88. The summed E-state index contributed by atoms with van der Waals surface area (Å²) in [4.78, 5) is 7.17. The lowest BCUT2D eigenvalue weighted by Crippen LogP contribution is -2.38. The van der Waals surface area contributed by atoms with Crippen molar-refractivity contribution in [3.8, 4) is 0 Å². The Labute approximate surface area is 107 Å². The van der Waals surface area contributed by atoms with Crippen molar-refractivity contribution in [2.75, 3.05) is 26.2 Å². The highest BCUT2D eigenvalue weighted by Crippen LogP contribution is 2.38. The number of hydrogen-bond donors (Lipinski definition) is 1. The van der Waals surface area contributed by atoms with Crippen LogP contribution < -0.4 is 5.32 Å². The molecule has 1 N–H and O–H groups in total. The highest BCUT2D eigenvalue weighted by Gasteiger charge is 2.38. The molecular weight excluding hydrogens is 230 g/mol. The van der Waals surface area contributed by atoms with Crippen molar-refractivity contribution < 1.29 is 0 Å². The van der Waals surface area contributed by atoms with Gasteiger partial charge in [0.1, 0.15) is 0 Å². The minimum Gasteiger partial charge on any atom is -0.317 e. The fourth-order valence-corrected chi connectivity index (χ4v) is 3.84. The normalized spacial score (nSPS) is 24.5. The van der Waals surface area contributed by atoms with Gasteiger partial charge in [0.05, 0.1) is 10.7 Å². The average molecular weight is 251 g/mol. The molecule has 1 aromatic rings. The highest BCUT2D eigenvalue weighted by molar-refractivity contribution is 7.09. The molecule has 0 amide bonds. The van der Waals surface area contributed by atoms with Gasteiger partial charge in [-0.1, -0.05) is 0 Å². The molecule has 0 unspecified atom stereocenters. The minimum atomic E-state index is 0.621. The molecule has 3 nitrogen and oxygen atoms in total. The molecule has 3 heterocycles. The number of nitrogens with one attached hydrogen (secondary N) is 1. The van der Waals surface area contributed by atoms with Crippen molar-refractivity contribution in [3.05, 3.63) is 16.1 Å². The predicted octanol–water partition coefficient (Wildman–Crippen LogP) is 2.03. The van der Waals surface area contributed by atoms with Crippen molar-refractivity contribution in [3.63, 3.8) is 0 Å². The summed E-state index contributed by atoms with van der Waals surface area (Å²) < 4.78 is 0. The Bertz CT molecular complexity index is 382. The topological polar surface area (TPSA) is 28.2 Å². The second-order valence-corrected chi connectivity index (χ2v) is 6.63. The number of likely N-dealkylation sites (tertiary alicyclic amines) is 1. The number of rotatable bonds is 2. The van der Waals surface area contributed by atoms with E-state index in [2.05, 4.69) is 27.5 Å². The summed E-state index contributed by atoms with van der Waals surface area (Å²) in [6, 6.07) is 0. The maximum absolute atomic E-state index is 4.57. The third-order valence-electron chi connectivity index (χ3n) is 4.23. The molecule has 4 heteroatoms. The van der Waals surface area contributed by atoms with Gasteiger partial charge < -0.3 is 5.32 Å². The number of aryl methyl sites for hydroxylation is 1. The third kappa shape index (κ3) is 2.54. The van der Waals surface area contributed by atoms with Crippen LogP contribution >= 0.6 is 11.3 Å². The maximum atomic E-state index is 4.57. The fourth-order valence-electron chi connectivity index (χ4n) is 3.24. The lowest BCUT2D eigenvalue weighted by Gasteiger charge is -2.33. The number of piperidine rings is 1. The van der Waals surface area contributed by atoms with Crippen molar-refractivity contribution >= 4 is 11.3 Å². The monoisotopic (exact) mass is 251 g/mol. The molecule has 2 aliphatic rings. The fraction of sp³-hybridized carbons (Fsp3) is 0.769. The second kappa shape index (κ2) is 4.67. The van der Waals surface area contributed by atoms with Crippen LogP contribution in [0.1, 0.15) is 30.0 Å². The van der Waals surface area contributed by atoms with Crippen LogP contribution in [0.2, 0.25) is 0 Å². The largest absolute Gasteiger partial charge is 0.317 e. The Hall–Kier alpha value is -0.450. The van der Waals surface area contributed by atoms with E-state index in [-0.39, 0.29) is 0 Å². The molecule has 0 saturated carbocycles. The standard InChI is InChI=1S/C13H21N3S/c1-11-15-12(9-17-11)8-16-7-4-13(10-16)2-5-14-6-3-13/h9,14H,2-8,10H2,1H3. The van der Waals surface area contributed by atoms with Gasteiger partial charge in [0.2, 0.25) is 0 Å². The van der Waals surface area contributed by atoms with Crippen LogP contribution in [0.5, 0.6) is 0 Å². The van der Waals surface area contributed by atoms with Crippen LogP contribution in [-0.2, 0) is 6.54 Å². The van der Waals surface area contributed by atoms with Gasteiger partial charge in [-0.25, -0.2) is 4.98 Å². The molecule has 0 aromatic carbocycles. The first kappa shape index (κ1) is 11.6. The number of aromatic nitrogens is 1. The van der Waals surface area contributed by atoms with Crippen molar-refractivity contribution in [1.29, 1.82) is 0 Å². The SMILES string of the molecule is Cc1nc(CN2CCC3(CCNCC3)C2)cs1. The molecule has 0 radical (unpaired) electrons. The first-order chi connectivity index (χ1) is 8.26. The predicted molar refractivity (Wildman–Crippen MR) is 71.3 cm³/mol. The molecule has 94 valence electrons. The van der Waals surface area contributed by atoms with Gasteiger partial charge in [-0.2, -0.15) is 0 Å². The molecule has 3 rings (SSSR count).